The third kappa shape index (κ3) is 10.8. The van der Waals surface area contributed by atoms with Gasteiger partial charge in [-0.2, -0.15) is 5.10 Å². The third-order valence-electron chi connectivity index (χ3n) is 8.39. The van der Waals surface area contributed by atoms with Crippen LogP contribution in [0.2, 0.25) is 0 Å². The molecule has 0 fully saturated rings. The molecule has 1 N–H and O–H groups in total. The van der Waals surface area contributed by atoms with Gasteiger partial charge < -0.3 is 18.9 Å². The molecule has 0 amide bonds. The van der Waals surface area contributed by atoms with Crippen LogP contribution in [0.15, 0.2) is 129 Å². The van der Waals surface area contributed by atoms with Gasteiger partial charge in [-0.25, -0.2) is 0 Å². The van der Waals surface area contributed by atoms with Gasteiger partial charge in [0, 0.05) is 11.6 Å². The predicted octanol–water partition coefficient (Wildman–Crippen LogP) is 13.0. The SMILES string of the molecule is CCCOc1c2cccc1Sc1cccc(c1OCCC)Sc1c(/C=N\Nc3ccc([N+](=O)[O-])cc3[N+](=O)[O-])ccc(c1OCCC)Sc1cccc(c1OCCC)S2. The number of nitro groups is 2. The molecule has 1 heterocycles. The molecule has 0 atom stereocenters. The van der Waals surface area contributed by atoms with E-state index in [9.17, 15) is 20.2 Å². The molecule has 1 aliphatic heterocycles. The quantitative estimate of drug-likeness (QED) is 0.0527. The van der Waals surface area contributed by atoms with Gasteiger partial charge in [-0.15, -0.1) is 0 Å². The Hall–Kier alpha value is -5.03. The van der Waals surface area contributed by atoms with E-state index in [2.05, 4.69) is 67.7 Å². The van der Waals surface area contributed by atoms with Gasteiger partial charge in [-0.3, -0.25) is 25.7 Å². The van der Waals surface area contributed by atoms with Crippen molar-refractivity contribution in [3.63, 3.8) is 0 Å². The number of ether oxygens (including phenoxy) is 4. The van der Waals surface area contributed by atoms with Crippen molar-refractivity contribution in [3.05, 3.63) is 111 Å². The summed E-state index contributed by atoms with van der Waals surface area (Å²) in [6.45, 7) is 10.3. The van der Waals surface area contributed by atoms with Crippen LogP contribution >= 0.6 is 47.0 Å². The number of hydrogen-bond donors (Lipinski definition) is 1. The van der Waals surface area contributed by atoms with Gasteiger partial charge in [0.1, 0.15) is 28.7 Å². The molecule has 1 aliphatic rings. The van der Waals surface area contributed by atoms with Crippen LogP contribution in [0.5, 0.6) is 23.0 Å². The highest BCUT2D eigenvalue weighted by molar-refractivity contribution is 8.01. The summed E-state index contributed by atoms with van der Waals surface area (Å²) in [7, 11) is 0. The van der Waals surface area contributed by atoms with E-state index in [1.807, 2.05) is 37.3 Å². The number of benzene rings is 5. The molecule has 0 unspecified atom stereocenters. The van der Waals surface area contributed by atoms with E-state index < -0.39 is 21.2 Å². The molecule has 0 aromatic heterocycles. The second-order valence-electron chi connectivity index (χ2n) is 12.9. The van der Waals surface area contributed by atoms with Crippen molar-refractivity contribution in [2.24, 2.45) is 5.10 Å². The molecule has 0 spiro atoms. The lowest BCUT2D eigenvalue weighted by molar-refractivity contribution is -0.393. The van der Waals surface area contributed by atoms with Crippen molar-refractivity contribution in [3.8, 4) is 23.0 Å². The third-order valence-corrected chi connectivity index (χ3v) is 12.8. The van der Waals surface area contributed by atoms with Crippen molar-refractivity contribution in [1.29, 1.82) is 0 Å². The zero-order valence-electron chi connectivity index (χ0n) is 33.1. The van der Waals surface area contributed by atoms with Crippen LogP contribution in [-0.2, 0) is 0 Å². The minimum absolute atomic E-state index is 0.00539. The lowest BCUT2D eigenvalue weighted by Crippen LogP contribution is -2.04. The molecular formula is C43H44N4O8S4. The number of hydrogen-bond acceptors (Lipinski definition) is 14. The molecule has 0 radical (unpaired) electrons. The maximum atomic E-state index is 11.9. The van der Waals surface area contributed by atoms with Gasteiger partial charge >= 0.3 is 5.69 Å². The standard InChI is InChI=1S/C43H44N4O8S4/c1-5-22-52-39-32-12-9-13-33(39)57-36-16-11-17-37(41(36)54-24-7-3)59-43-28(27-44-45-30-20-19-29(46(48)49)26-31(30)47(50)51)18-21-38(42(43)55-25-8-4)58-35-15-10-14-34(56-32)40(35)53-23-6-2/h9-21,26-27,45H,5-8,22-25H2,1-4H3/b44-27-. The van der Waals surface area contributed by atoms with Gasteiger partial charge in [0.05, 0.1) is 87.7 Å². The van der Waals surface area contributed by atoms with E-state index in [0.29, 0.717) is 37.7 Å². The summed E-state index contributed by atoms with van der Waals surface area (Å²) in [6, 6.07) is 25.7. The van der Waals surface area contributed by atoms with Crippen LogP contribution in [0.1, 0.15) is 58.9 Å². The molecule has 59 heavy (non-hydrogen) atoms. The first-order chi connectivity index (χ1) is 28.8. The molecule has 0 saturated carbocycles. The van der Waals surface area contributed by atoms with Crippen molar-refractivity contribution < 1.29 is 28.8 Å². The zero-order chi connectivity index (χ0) is 41.7. The first kappa shape index (κ1) is 43.5. The average Bonchev–Trinajstić information content (AvgIpc) is 3.23. The first-order valence-corrected chi connectivity index (χ1v) is 22.5. The summed E-state index contributed by atoms with van der Waals surface area (Å²) < 4.78 is 26.3. The number of fused-ring (bicyclic) bond motifs is 8. The summed E-state index contributed by atoms with van der Waals surface area (Å²) in [6.07, 6.45) is 4.81. The van der Waals surface area contributed by atoms with Crippen molar-refractivity contribution in [2.45, 2.75) is 92.5 Å². The summed E-state index contributed by atoms with van der Waals surface area (Å²) in [5, 5.41) is 27.6. The van der Waals surface area contributed by atoms with E-state index in [0.717, 1.165) is 88.2 Å². The van der Waals surface area contributed by atoms with Crippen LogP contribution in [0.4, 0.5) is 17.1 Å². The number of hydrazone groups is 1. The van der Waals surface area contributed by atoms with E-state index in [-0.39, 0.29) is 5.69 Å². The van der Waals surface area contributed by atoms with E-state index in [1.165, 1.54) is 23.9 Å². The van der Waals surface area contributed by atoms with Gasteiger partial charge in [-0.05, 0) is 74.2 Å². The number of rotatable bonds is 17. The number of non-ortho nitro benzene ring substituents is 1. The Labute approximate surface area is 360 Å². The summed E-state index contributed by atoms with van der Waals surface area (Å²) >= 11 is 6.23. The summed E-state index contributed by atoms with van der Waals surface area (Å²) in [4.78, 5) is 29.0. The Bertz CT molecular complexity index is 2330. The lowest BCUT2D eigenvalue weighted by Gasteiger charge is -2.22. The van der Waals surface area contributed by atoms with Gasteiger partial charge in [0.25, 0.3) is 5.69 Å². The maximum absolute atomic E-state index is 11.9. The second kappa shape index (κ2) is 21.3. The topological polar surface area (TPSA) is 148 Å². The number of nitrogens with zero attached hydrogens (tertiary/aromatic N) is 3. The smallest absolute Gasteiger partial charge is 0.301 e. The number of nitro benzene ring substituents is 2. The van der Waals surface area contributed by atoms with Gasteiger partial charge in [0.2, 0.25) is 0 Å². The van der Waals surface area contributed by atoms with E-state index >= 15 is 0 Å². The molecule has 6 rings (SSSR count). The largest absolute Gasteiger partial charge is 0.491 e. The van der Waals surface area contributed by atoms with Gasteiger partial charge in [-0.1, -0.05) is 99.0 Å². The zero-order valence-corrected chi connectivity index (χ0v) is 36.3. The van der Waals surface area contributed by atoms with Crippen LogP contribution < -0.4 is 24.4 Å². The summed E-state index contributed by atoms with van der Waals surface area (Å²) in [5.74, 6) is 2.93. The summed E-state index contributed by atoms with van der Waals surface area (Å²) in [5.41, 5.74) is 2.55. The highest BCUT2D eigenvalue weighted by atomic mass is 32.2. The molecule has 5 aromatic rings. The van der Waals surface area contributed by atoms with Crippen molar-refractivity contribution in [1.82, 2.24) is 0 Å². The molecule has 8 bridgehead atoms. The molecule has 5 aromatic carbocycles. The highest BCUT2D eigenvalue weighted by Crippen LogP contribution is 2.54. The Morgan fingerprint density at radius 1 is 0.559 bits per heavy atom. The Balaban J connectivity index is 1.56. The number of para-hydroxylation sites is 3. The average molecular weight is 873 g/mol. The van der Waals surface area contributed by atoms with Crippen LogP contribution in [0.25, 0.3) is 0 Å². The lowest BCUT2D eigenvalue weighted by atomic mass is 10.2. The van der Waals surface area contributed by atoms with Crippen LogP contribution in [0.3, 0.4) is 0 Å². The van der Waals surface area contributed by atoms with Crippen LogP contribution in [-0.4, -0.2) is 42.5 Å². The molecule has 308 valence electrons. The first-order valence-electron chi connectivity index (χ1n) is 19.3. The maximum Gasteiger partial charge on any atom is 0.301 e. The van der Waals surface area contributed by atoms with Crippen molar-refractivity contribution in [2.75, 3.05) is 31.9 Å². The Morgan fingerprint density at radius 2 is 0.983 bits per heavy atom. The monoisotopic (exact) mass is 872 g/mol. The van der Waals surface area contributed by atoms with E-state index in [4.69, 9.17) is 18.9 Å². The fourth-order valence-electron chi connectivity index (χ4n) is 5.71. The number of nitrogens with one attached hydrogen (secondary N) is 1. The Morgan fingerprint density at radius 3 is 1.41 bits per heavy atom. The fraction of sp³-hybridized carbons (Fsp3) is 0.279. The van der Waals surface area contributed by atoms with E-state index in [1.54, 1.807) is 41.5 Å². The molecule has 12 nitrogen and oxygen atoms in total. The minimum atomic E-state index is -0.683. The second-order valence-corrected chi connectivity index (χ2v) is 17.3. The fourth-order valence-corrected chi connectivity index (χ4v) is 10.2. The predicted molar refractivity (Wildman–Crippen MR) is 236 cm³/mol. The molecule has 0 saturated heterocycles. The van der Waals surface area contributed by atoms with Gasteiger partial charge in [0.15, 0.2) is 0 Å². The number of anilines is 1. The Kier molecular flexibility index (Phi) is 15.7. The molecule has 0 aliphatic carbocycles. The molecular weight excluding hydrogens is 829 g/mol. The van der Waals surface area contributed by atoms with Crippen molar-refractivity contribution >= 4 is 70.3 Å². The highest BCUT2D eigenvalue weighted by Gasteiger charge is 2.25. The normalized spacial score (nSPS) is 12.2. The minimum Gasteiger partial charge on any atom is -0.491 e. The van der Waals surface area contributed by atoms with Crippen LogP contribution in [0, 0.1) is 20.2 Å². The molecule has 16 heteroatoms.